The molecule has 1 aromatic rings. The highest BCUT2D eigenvalue weighted by Gasteiger charge is 2.21. The van der Waals surface area contributed by atoms with E-state index in [9.17, 15) is 13.2 Å². The van der Waals surface area contributed by atoms with E-state index >= 15 is 0 Å². The lowest BCUT2D eigenvalue weighted by Crippen LogP contribution is -2.18. The molecule has 1 atom stereocenters. The predicted octanol–water partition coefficient (Wildman–Crippen LogP) is 1.75. The van der Waals surface area contributed by atoms with Crippen LogP contribution in [-0.4, -0.2) is 11.7 Å². The zero-order valence-corrected chi connectivity index (χ0v) is 7.65. The summed E-state index contributed by atoms with van der Waals surface area (Å²) in [5, 5.41) is 7.77. The summed E-state index contributed by atoms with van der Waals surface area (Å²) in [4.78, 5) is 0. The van der Waals surface area contributed by atoms with Crippen LogP contribution >= 0.6 is 11.6 Å². The fourth-order valence-electron chi connectivity index (χ4n) is 1.01. The summed E-state index contributed by atoms with van der Waals surface area (Å²) in [6.07, 6.45) is 0. The molecule has 1 rings (SSSR count). The van der Waals surface area contributed by atoms with Crippen molar-refractivity contribution in [2.75, 3.05) is 6.61 Å². The van der Waals surface area contributed by atoms with Gasteiger partial charge in [0.25, 0.3) is 0 Å². The van der Waals surface area contributed by atoms with Gasteiger partial charge in [0.1, 0.15) is 16.7 Å². The van der Waals surface area contributed by atoms with Crippen LogP contribution in [0.25, 0.3) is 0 Å². The van der Waals surface area contributed by atoms with Crippen LogP contribution in [0.2, 0.25) is 5.02 Å². The highest BCUT2D eigenvalue weighted by Crippen LogP contribution is 2.27. The first-order valence-electron chi connectivity index (χ1n) is 3.68. The molecule has 6 heteroatoms. The molecule has 0 aliphatic heterocycles. The van der Waals surface area contributed by atoms with E-state index in [2.05, 4.69) is 0 Å². The number of benzene rings is 1. The van der Waals surface area contributed by atoms with E-state index in [1.807, 2.05) is 0 Å². The number of hydrogen-bond donors (Lipinski definition) is 2. The van der Waals surface area contributed by atoms with E-state index in [-0.39, 0.29) is 0 Å². The van der Waals surface area contributed by atoms with Crippen molar-refractivity contribution < 1.29 is 18.3 Å². The van der Waals surface area contributed by atoms with Crippen molar-refractivity contribution in [2.45, 2.75) is 6.04 Å². The van der Waals surface area contributed by atoms with Gasteiger partial charge in [-0.25, -0.2) is 13.2 Å². The Morgan fingerprint density at radius 3 is 2.43 bits per heavy atom. The van der Waals surface area contributed by atoms with Gasteiger partial charge in [0.2, 0.25) is 0 Å². The molecule has 0 spiro atoms. The van der Waals surface area contributed by atoms with Crippen LogP contribution in [0.5, 0.6) is 0 Å². The second-order valence-corrected chi connectivity index (χ2v) is 3.05. The van der Waals surface area contributed by atoms with E-state index in [0.29, 0.717) is 6.07 Å². The summed E-state index contributed by atoms with van der Waals surface area (Å²) < 4.78 is 38.8. The maximum Gasteiger partial charge on any atom is 0.152 e. The average Bonchev–Trinajstić information content (AvgIpc) is 2.14. The smallest absolute Gasteiger partial charge is 0.152 e. The van der Waals surface area contributed by atoms with Gasteiger partial charge in [0.15, 0.2) is 5.82 Å². The van der Waals surface area contributed by atoms with E-state index < -0.39 is 40.7 Å². The van der Waals surface area contributed by atoms with Gasteiger partial charge in [-0.2, -0.15) is 0 Å². The van der Waals surface area contributed by atoms with Crippen LogP contribution in [-0.2, 0) is 0 Å². The summed E-state index contributed by atoms with van der Waals surface area (Å²) in [7, 11) is 0. The van der Waals surface area contributed by atoms with Crippen molar-refractivity contribution in [3.05, 3.63) is 34.1 Å². The van der Waals surface area contributed by atoms with Crippen molar-refractivity contribution in [2.24, 2.45) is 5.73 Å². The van der Waals surface area contributed by atoms with Crippen molar-refractivity contribution in [3.63, 3.8) is 0 Å². The highest BCUT2D eigenvalue weighted by molar-refractivity contribution is 6.30. The lowest BCUT2D eigenvalue weighted by molar-refractivity contribution is 0.262. The largest absolute Gasteiger partial charge is 0.394 e. The van der Waals surface area contributed by atoms with Crippen LogP contribution < -0.4 is 5.73 Å². The first-order chi connectivity index (χ1) is 6.49. The fraction of sp³-hybridized carbons (Fsp3) is 0.250. The number of aliphatic hydroxyl groups is 1. The standard InChI is InChI=1S/C8H7ClF3NO/c9-7-4(11)1-3(10)6(8(7)12)5(13)2-14/h1,5,14H,2,13H2/t5-/m0/s1. The molecule has 3 N–H and O–H groups in total. The molecule has 0 aromatic heterocycles. The Morgan fingerprint density at radius 2 is 1.93 bits per heavy atom. The minimum atomic E-state index is -1.27. The number of halogens is 4. The van der Waals surface area contributed by atoms with Gasteiger partial charge in [0.05, 0.1) is 12.6 Å². The maximum atomic E-state index is 13.2. The molecule has 0 aliphatic carbocycles. The van der Waals surface area contributed by atoms with Crippen molar-refractivity contribution >= 4 is 11.6 Å². The molecule has 78 valence electrons. The molecule has 0 heterocycles. The topological polar surface area (TPSA) is 46.2 Å². The second-order valence-electron chi connectivity index (χ2n) is 2.67. The van der Waals surface area contributed by atoms with E-state index in [1.165, 1.54) is 0 Å². The third-order valence-corrected chi connectivity index (χ3v) is 2.06. The highest BCUT2D eigenvalue weighted by atomic mass is 35.5. The monoisotopic (exact) mass is 225 g/mol. The molecule has 0 aliphatic rings. The van der Waals surface area contributed by atoms with Crippen LogP contribution in [0.1, 0.15) is 11.6 Å². The number of rotatable bonds is 2. The number of hydrogen-bond acceptors (Lipinski definition) is 2. The van der Waals surface area contributed by atoms with Crippen molar-refractivity contribution in [1.82, 2.24) is 0 Å². The van der Waals surface area contributed by atoms with Gasteiger partial charge in [-0.1, -0.05) is 11.6 Å². The Morgan fingerprint density at radius 1 is 1.36 bits per heavy atom. The first-order valence-corrected chi connectivity index (χ1v) is 4.06. The zero-order valence-electron chi connectivity index (χ0n) is 6.90. The quantitative estimate of drug-likeness (QED) is 0.595. The molecule has 0 saturated carbocycles. The van der Waals surface area contributed by atoms with Gasteiger partial charge in [0, 0.05) is 11.6 Å². The molecule has 1 aromatic carbocycles. The Labute approximate surface area is 83.1 Å². The van der Waals surface area contributed by atoms with Gasteiger partial charge in [-0.05, 0) is 0 Å². The summed E-state index contributed by atoms with van der Waals surface area (Å²) >= 11 is 5.20. The van der Waals surface area contributed by atoms with E-state index in [0.717, 1.165) is 0 Å². The lowest BCUT2D eigenvalue weighted by Gasteiger charge is -2.12. The molecule has 0 bridgehead atoms. The molecule has 0 saturated heterocycles. The third kappa shape index (κ3) is 1.84. The predicted molar refractivity (Wildman–Crippen MR) is 45.3 cm³/mol. The van der Waals surface area contributed by atoms with Gasteiger partial charge >= 0.3 is 0 Å². The Bertz CT molecular complexity index is 359. The van der Waals surface area contributed by atoms with Gasteiger partial charge in [-0.3, -0.25) is 0 Å². The fourth-order valence-corrected chi connectivity index (χ4v) is 1.17. The van der Waals surface area contributed by atoms with Crippen LogP contribution in [0, 0.1) is 17.5 Å². The van der Waals surface area contributed by atoms with Crippen LogP contribution in [0.15, 0.2) is 6.07 Å². The Kier molecular flexibility index (Phi) is 3.36. The molecule has 0 fully saturated rings. The van der Waals surface area contributed by atoms with Crippen LogP contribution in [0.4, 0.5) is 13.2 Å². The van der Waals surface area contributed by atoms with Gasteiger partial charge < -0.3 is 10.8 Å². The van der Waals surface area contributed by atoms with Crippen molar-refractivity contribution in [3.8, 4) is 0 Å². The minimum Gasteiger partial charge on any atom is -0.394 e. The molecule has 2 nitrogen and oxygen atoms in total. The Balaban J connectivity index is 3.36. The SMILES string of the molecule is N[C@@H](CO)c1c(F)cc(F)c(Cl)c1F. The number of aliphatic hydroxyl groups excluding tert-OH is 1. The summed E-state index contributed by atoms with van der Waals surface area (Å²) in [5.74, 6) is -3.63. The third-order valence-electron chi connectivity index (χ3n) is 1.72. The second kappa shape index (κ2) is 4.16. The van der Waals surface area contributed by atoms with E-state index in [1.54, 1.807) is 0 Å². The summed E-state index contributed by atoms with van der Waals surface area (Å²) in [5.41, 5.74) is 4.59. The minimum absolute atomic E-state index is 0.427. The average molecular weight is 226 g/mol. The summed E-state index contributed by atoms with van der Waals surface area (Å²) in [6.45, 7) is -0.657. The molecule has 0 radical (unpaired) electrons. The number of nitrogens with two attached hydrogens (primary N) is 1. The Hall–Kier alpha value is -0.780. The molecular formula is C8H7ClF3NO. The van der Waals surface area contributed by atoms with E-state index in [4.69, 9.17) is 22.4 Å². The van der Waals surface area contributed by atoms with Gasteiger partial charge in [-0.15, -0.1) is 0 Å². The molecule has 0 unspecified atom stereocenters. The lowest BCUT2D eigenvalue weighted by atomic mass is 10.1. The first kappa shape index (κ1) is 11.3. The maximum absolute atomic E-state index is 13.2. The molecular weight excluding hydrogens is 219 g/mol. The molecule has 0 amide bonds. The van der Waals surface area contributed by atoms with Crippen LogP contribution in [0.3, 0.4) is 0 Å². The summed E-state index contributed by atoms with van der Waals surface area (Å²) in [6, 6.07) is -0.830. The molecule has 14 heavy (non-hydrogen) atoms. The van der Waals surface area contributed by atoms with Crippen molar-refractivity contribution in [1.29, 1.82) is 0 Å². The zero-order chi connectivity index (χ0) is 10.9. The normalized spacial score (nSPS) is 13.0.